The largest absolute Gasteiger partial charge is 0.489 e. The molecule has 0 saturated carbocycles. The average molecular weight is 487 g/mol. The van der Waals surface area contributed by atoms with Crippen LogP contribution in [0.5, 0.6) is 5.75 Å². The molecule has 0 aromatic heterocycles. The molecule has 0 bridgehead atoms. The standard InChI is InChI=1S/C28H30N4O4/c29-27(33)24-8-3-9-25(26(24)19-4-1-6-21(16-19)32-12-14-35-15-13-32)31-28(34)20-5-2-7-22(17-20)36-23-10-11-30-18-23/h1-9,16-17,23,30H,10-15,18H2,(H2,29,33)(H,31,34). The van der Waals surface area contributed by atoms with Crippen LogP contribution in [0.25, 0.3) is 11.1 Å². The molecule has 186 valence electrons. The van der Waals surface area contributed by atoms with Crippen LogP contribution in [0.2, 0.25) is 0 Å². The summed E-state index contributed by atoms with van der Waals surface area (Å²) in [4.78, 5) is 27.9. The third kappa shape index (κ3) is 5.35. The van der Waals surface area contributed by atoms with Gasteiger partial charge in [0.1, 0.15) is 11.9 Å². The van der Waals surface area contributed by atoms with Crippen molar-refractivity contribution in [3.05, 3.63) is 77.9 Å². The Morgan fingerprint density at radius 2 is 1.83 bits per heavy atom. The number of rotatable bonds is 7. The highest BCUT2D eigenvalue weighted by atomic mass is 16.5. The summed E-state index contributed by atoms with van der Waals surface area (Å²) in [6.45, 7) is 4.65. The van der Waals surface area contributed by atoms with E-state index in [2.05, 4.69) is 15.5 Å². The van der Waals surface area contributed by atoms with Crippen LogP contribution in [0.3, 0.4) is 0 Å². The third-order valence-corrected chi connectivity index (χ3v) is 6.50. The summed E-state index contributed by atoms with van der Waals surface area (Å²) >= 11 is 0. The number of ether oxygens (including phenoxy) is 2. The molecule has 0 aliphatic carbocycles. The number of carbonyl (C=O) groups is 2. The van der Waals surface area contributed by atoms with Crippen LogP contribution in [0.15, 0.2) is 66.7 Å². The highest BCUT2D eigenvalue weighted by Gasteiger charge is 2.20. The minimum Gasteiger partial charge on any atom is -0.489 e. The van der Waals surface area contributed by atoms with Crippen molar-refractivity contribution in [1.29, 1.82) is 0 Å². The number of carbonyl (C=O) groups excluding carboxylic acids is 2. The maximum absolute atomic E-state index is 13.3. The van der Waals surface area contributed by atoms with Crippen molar-refractivity contribution in [2.45, 2.75) is 12.5 Å². The van der Waals surface area contributed by atoms with Crippen LogP contribution in [0, 0.1) is 0 Å². The van der Waals surface area contributed by atoms with Gasteiger partial charge in [0, 0.05) is 47.7 Å². The molecule has 3 aromatic rings. The predicted octanol–water partition coefficient (Wildman–Crippen LogP) is 3.28. The number of hydrogen-bond donors (Lipinski definition) is 3. The van der Waals surface area contributed by atoms with E-state index in [4.69, 9.17) is 15.2 Å². The fraction of sp³-hybridized carbons (Fsp3) is 0.286. The van der Waals surface area contributed by atoms with E-state index in [0.717, 1.165) is 43.9 Å². The van der Waals surface area contributed by atoms with E-state index in [0.29, 0.717) is 41.3 Å². The van der Waals surface area contributed by atoms with Crippen molar-refractivity contribution >= 4 is 23.2 Å². The van der Waals surface area contributed by atoms with Crippen LogP contribution >= 0.6 is 0 Å². The lowest BCUT2D eigenvalue weighted by Gasteiger charge is -2.29. The lowest BCUT2D eigenvalue weighted by Crippen LogP contribution is -2.36. The highest BCUT2D eigenvalue weighted by Crippen LogP contribution is 2.34. The van der Waals surface area contributed by atoms with Gasteiger partial charge in [-0.25, -0.2) is 0 Å². The monoisotopic (exact) mass is 486 g/mol. The fourth-order valence-electron chi connectivity index (χ4n) is 4.68. The van der Waals surface area contributed by atoms with Crippen molar-refractivity contribution in [3.63, 3.8) is 0 Å². The van der Waals surface area contributed by atoms with Gasteiger partial charge in [-0.1, -0.05) is 24.3 Å². The summed E-state index contributed by atoms with van der Waals surface area (Å²) in [6, 6.07) is 20.2. The zero-order valence-corrected chi connectivity index (χ0v) is 20.0. The third-order valence-electron chi connectivity index (χ3n) is 6.50. The molecule has 2 amide bonds. The molecule has 3 aromatic carbocycles. The number of anilines is 2. The van der Waals surface area contributed by atoms with Gasteiger partial charge in [0.25, 0.3) is 5.91 Å². The molecular formula is C28H30N4O4. The second-order valence-electron chi connectivity index (χ2n) is 8.96. The van der Waals surface area contributed by atoms with Gasteiger partial charge in [-0.3, -0.25) is 9.59 Å². The van der Waals surface area contributed by atoms with Crippen LogP contribution in [0.4, 0.5) is 11.4 Å². The number of nitrogens with zero attached hydrogens (tertiary/aromatic N) is 1. The van der Waals surface area contributed by atoms with Gasteiger partial charge < -0.3 is 30.7 Å². The normalized spacial score (nSPS) is 17.6. The van der Waals surface area contributed by atoms with Crippen LogP contribution in [0.1, 0.15) is 27.1 Å². The Morgan fingerprint density at radius 1 is 1.03 bits per heavy atom. The molecule has 5 rings (SSSR count). The summed E-state index contributed by atoms with van der Waals surface area (Å²) < 4.78 is 11.5. The van der Waals surface area contributed by atoms with Crippen molar-refractivity contribution in [2.24, 2.45) is 5.73 Å². The summed E-state index contributed by atoms with van der Waals surface area (Å²) in [7, 11) is 0. The van der Waals surface area contributed by atoms with Crippen LogP contribution < -0.4 is 26.0 Å². The molecule has 0 spiro atoms. The summed E-state index contributed by atoms with van der Waals surface area (Å²) in [5, 5.41) is 6.26. The maximum atomic E-state index is 13.3. The number of nitrogens with two attached hydrogens (primary N) is 1. The van der Waals surface area contributed by atoms with E-state index in [9.17, 15) is 9.59 Å². The van der Waals surface area contributed by atoms with E-state index in [1.54, 1.807) is 36.4 Å². The van der Waals surface area contributed by atoms with Gasteiger partial charge in [0.15, 0.2) is 0 Å². The predicted molar refractivity (Wildman–Crippen MR) is 140 cm³/mol. The maximum Gasteiger partial charge on any atom is 0.255 e. The minimum absolute atomic E-state index is 0.0981. The summed E-state index contributed by atoms with van der Waals surface area (Å²) in [5.41, 5.74) is 9.49. The number of morpholine rings is 1. The van der Waals surface area contributed by atoms with E-state index in [1.807, 2.05) is 30.3 Å². The lowest BCUT2D eigenvalue weighted by molar-refractivity contribution is 0.0996. The number of primary amides is 1. The van der Waals surface area contributed by atoms with Crippen molar-refractivity contribution in [1.82, 2.24) is 5.32 Å². The Morgan fingerprint density at radius 3 is 2.61 bits per heavy atom. The van der Waals surface area contributed by atoms with Crippen molar-refractivity contribution < 1.29 is 19.1 Å². The van der Waals surface area contributed by atoms with Gasteiger partial charge in [-0.2, -0.15) is 0 Å². The molecule has 2 aliphatic heterocycles. The number of benzene rings is 3. The topological polar surface area (TPSA) is 106 Å². The summed E-state index contributed by atoms with van der Waals surface area (Å²) in [6.07, 6.45) is 1.03. The Kier molecular flexibility index (Phi) is 7.16. The molecule has 1 atom stereocenters. The fourth-order valence-corrected chi connectivity index (χ4v) is 4.68. The molecule has 2 fully saturated rings. The first-order valence-corrected chi connectivity index (χ1v) is 12.2. The van der Waals surface area contributed by atoms with E-state index < -0.39 is 5.91 Å². The average Bonchev–Trinajstić information content (AvgIpc) is 3.42. The SMILES string of the molecule is NC(=O)c1cccc(NC(=O)c2cccc(OC3CCNC3)c2)c1-c1cccc(N2CCOCC2)c1. The first kappa shape index (κ1) is 23.8. The minimum atomic E-state index is -0.557. The first-order valence-electron chi connectivity index (χ1n) is 12.2. The molecule has 36 heavy (non-hydrogen) atoms. The Labute approximate surface area is 210 Å². The van der Waals surface area contributed by atoms with Crippen LogP contribution in [-0.4, -0.2) is 57.3 Å². The molecule has 2 aliphatic rings. The van der Waals surface area contributed by atoms with Crippen molar-refractivity contribution in [3.8, 4) is 16.9 Å². The first-order chi connectivity index (χ1) is 17.6. The second-order valence-corrected chi connectivity index (χ2v) is 8.96. The molecule has 8 nitrogen and oxygen atoms in total. The van der Waals surface area contributed by atoms with Gasteiger partial charge in [0.2, 0.25) is 5.91 Å². The smallest absolute Gasteiger partial charge is 0.255 e. The Bertz CT molecular complexity index is 1250. The molecule has 4 N–H and O–H groups in total. The van der Waals surface area contributed by atoms with Gasteiger partial charge in [-0.15, -0.1) is 0 Å². The number of amides is 2. The van der Waals surface area contributed by atoms with E-state index in [1.165, 1.54) is 0 Å². The zero-order valence-electron chi connectivity index (χ0n) is 20.0. The Hall–Kier alpha value is -3.88. The molecule has 2 saturated heterocycles. The number of nitrogens with one attached hydrogen (secondary N) is 2. The zero-order chi connectivity index (χ0) is 24.9. The molecular weight excluding hydrogens is 456 g/mol. The van der Waals surface area contributed by atoms with Gasteiger partial charge in [-0.05, 0) is 61.0 Å². The Balaban J connectivity index is 1.44. The van der Waals surface area contributed by atoms with Gasteiger partial charge >= 0.3 is 0 Å². The molecule has 8 heteroatoms. The van der Waals surface area contributed by atoms with E-state index in [-0.39, 0.29) is 12.0 Å². The number of hydrogen-bond acceptors (Lipinski definition) is 6. The lowest BCUT2D eigenvalue weighted by atomic mass is 9.96. The van der Waals surface area contributed by atoms with Crippen LogP contribution in [-0.2, 0) is 4.74 Å². The second kappa shape index (κ2) is 10.8. The summed E-state index contributed by atoms with van der Waals surface area (Å²) in [5.74, 6) is -0.198. The molecule has 0 radical (unpaired) electrons. The highest BCUT2D eigenvalue weighted by molar-refractivity contribution is 6.10. The van der Waals surface area contributed by atoms with Gasteiger partial charge in [0.05, 0.1) is 13.2 Å². The quantitative estimate of drug-likeness (QED) is 0.473. The van der Waals surface area contributed by atoms with E-state index >= 15 is 0 Å². The van der Waals surface area contributed by atoms with Crippen molar-refractivity contribution in [2.75, 3.05) is 49.6 Å². The molecule has 1 unspecified atom stereocenters. The molecule has 2 heterocycles.